The second-order valence-electron chi connectivity index (χ2n) is 4.34. The van der Waals surface area contributed by atoms with Crippen molar-refractivity contribution in [3.8, 4) is 17.0 Å². The molecule has 0 saturated heterocycles. The molecule has 2 rings (SSSR count). The molecule has 0 radical (unpaired) electrons. The summed E-state index contributed by atoms with van der Waals surface area (Å²) in [5.74, 6) is 0.763. The lowest BCUT2D eigenvalue weighted by Crippen LogP contribution is -2.25. The highest BCUT2D eigenvalue weighted by Gasteiger charge is 2.10. The molecule has 1 N–H and O–H groups in total. The topological polar surface area (TPSA) is 43.3 Å². The molecule has 4 nitrogen and oxygen atoms in total. The Morgan fingerprint density at radius 2 is 1.95 bits per heavy atom. The van der Waals surface area contributed by atoms with Crippen LogP contribution in [0.2, 0.25) is 0 Å². The number of benzene rings is 1. The van der Waals surface area contributed by atoms with Crippen LogP contribution in [0.4, 0.5) is 0 Å². The summed E-state index contributed by atoms with van der Waals surface area (Å²) in [5.41, 5.74) is 2.53. The van der Waals surface area contributed by atoms with Crippen LogP contribution in [-0.2, 0) is 13.6 Å². The summed E-state index contributed by atoms with van der Waals surface area (Å²) in [7, 11) is 5.24. The van der Waals surface area contributed by atoms with Crippen LogP contribution in [0.1, 0.15) is 5.56 Å². The van der Waals surface area contributed by atoms with Crippen molar-refractivity contribution >= 4 is 0 Å². The van der Waals surface area contributed by atoms with Gasteiger partial charge in [0.2, 0.25) is 0 Å². The van der Waals surface area contributed by atoms with E-state index in [0.717, 1.165) is 22.6 Å². The first-order valence-electron chi connectivity index (χ1n) is 6.16. The van der Waals surface area contributed by atoms with Gasteiger partial charge in [0.15, 0.2) is 0 Å². The fourth-order valence-corrected chi connectivity index (χ4v) is 2.14. The molecule has 2 aromatic rings. The average Bonchev–Trinajstić information content (AvgIpc) is 2.44. The van der Waals surface area contributed by atoms with Crippen LogP contribution < -0.4 is 15.6 Å². The van der Waals surface area contributed by atoms with Crippen molar-refractivity contribution in [3.05, 3.63) is 52.3 Å². The summed E-state index contributed by atoms with van der Waals surface area (Å²) in [5, 5.41) is 3.00. The van der Waals surface area contributed by atoms with Crippen LogP contribution in [0, 0.1) is 0 Å². The third-order valence-corrected chi connectivity index (χ3v) is 3.13. The molecule has 0 unspecified atom stereocenters. The van der Waals surface area contributed by atoms with E-state index in [1.54, 1.807) is 18.7 Å². The zero-order valence-corrected chi connectivity index (χ0v) is 11.4. The first-order valence-corrected chi connectivity index (χ1v) is 6.16. The van der Waals surface area contributed by atoms with E-state index in [2.05, 4.69) is 5.32 Å². The van der Waals surface area contributed by atoms with Gasteiger partial charge < -0.3 is 14.6 Å². The Morgan fingerprint density at radius 3 is 2.63 bits per heavy atom. The summed E-state index contributed by atoms with van der Waals surface area (Å²) < 4.78 is 7.00. The van der Waals surface area contributed by atoms with Gasteiger partial charge in [0.05, 0.1) is 12.8 Å². The summed E-state index contributed by atoms with van der Waals surface area (Å²) in [6.45, 7) is 0.568. The molecule has 0 amide bonds. The molecule has 0 bridgehead atoms. The van der Waals surface area contributed by atoms with Gasteiger partial charge in [0, 0.05) is 24.7 Å². The molecule has 0 spiro atoms. The number of methoxy groups -OCH3 is 1. The Labute approximate surface area is 112 Å². The third kappa shape index (κ3) is 2.53. The number of aromatic nitrogens is 1. The fraction of sp³-hybridized carbons (Fsp3) is 0.267. The Hall–Kier alpha value is -2.07. The van der Waals surface area contributed by atoms with Crippen molar-refractivity contribution < 1.29 is 4.74 Å². The van der Waals surface area contributed by atoms with Gasteiger partial charge in [-0.3, -0.25) is 4.79 Å². The summed E-state index contributed by atoms with van der Waals surface area (Å²) >= 11 is 0. The van der Waals surface area contributed by atoms with Crippen molar-refractivity contribution in [3.63, 3.8) is 0 Å². The van der Waals surface area contributed by atoms with E-state index in [1.165, 1.54) is 0 Å². The van der Waals surface area contributed by atoms with Crippen LogP contribution in [0.3, 0.4) is 0 Å². The van der Waals surface area contributed by atoms with Gasteiger partial charge in [-0.15, -0.1) is 0 Å². The Balaban J connectivity index is 2.58. The summed E-state index contributed by atoms with van der Waals surface area (Å²) in [6, 6.07) is 11.5. The lowest BCUT2D eigenvalue weighted by molar-refractivity contribution is 0.416. The molecule has 4 heteroatoms. The van der Waals surface area contributed by atoms with Gasteiger partial charge in [-0.1, -0.05) is 18.2 Å². The minimum absolute atomic E-state index is 0.0118. The molecule has 1 aromatic heterocycles. The van der Waals surface area contributed by atoms with Gasteiger partial charge in [0.1, 0.15) is 5.75 Å². The van der Waals surface area contributed by atoms with Crippen molar-refractivity contribution in [2.75, 3.05) is 14.2 Å². The molecule has 0 atom stereocenters. The van der Waals surface area contributed by atoms with E-state index in [0.29, 0.717) is 6.54 Å². The van der Waals surface area contributed by atoms with E-state index in [-0.39, 0.29) is 5.56 Å². The Morgan fingerprint density at radius 1 is 1.21 bits per heavy atom. The minimum Gasteiger partial charge on any atom is -0.496 e. The average molecular weight is 258 g/mol. The number of para-hydroxylation sites is 1. The van der Waals surface area contributed by atoms with Crippen molar-refractivity contribution in [2.24, 2.45) is 7.05 Å². The molecule has 1 aromatic carbocycles. The number of pyridine rings is 1. The Kier molecular flexibility index (Phi) is 4.02. The predicted molar refractivity (Wildman–Crippen MR) is 76.4 cm³/mol. The lowest BCUT2D eigenvalue weighted by atomic mass is 10.1. The van der Waals surface area contributed by atoms with Gasteiger partial charge in [-0.25, -0.2) is 0 Å². The van der Waals surface area contributed by atoms with E-state index >= 15 is 0 Å². The molecule has 19 heavy (non-hydrogen) atoms. The molecular formula is C15H18N2O2. The second-order valence-corrected chi connectivity index (χ2v) is 4.34. The van der Waals surface area contributed by atoms with E-state index in [9.17, 15) is 4.79 Å². The molecule has 1 heterocycles. The molecule has 0 aliphatic rings. The first kappa shape index (κ1) is 13.4. The van der Waals surface area contributed by atoms with Crippen LogP contribution in [0.25, 0.3) is 11.3 Å². The highest BCUT2D eigenvalue weighted by atomic mass is 16.5. The highest BCUT2D eigenvalue weighted by molar-refractivity contribution is 5.67. The monoisotopic (exact) mass is 258 g/mol. The quantitative estimate of drug-likeness (QED) is 0.909. The smallest absolute Gasteiger partial charge is 0.255 e. The first-order chi connectivity index (χ1) is 9.19. The number of nitrogens with one attached hydrogen (secondary N) is 1. The van der Waals surface area contributed by atoms with E-state index in [1.807, 2.05) is 43.4 Å². The Bertz CT molecular complexity index is 632. The van der Waals surface area contributed by atoms with E-state index in [4.69, 9.17) is 4.74 Å². The molecular weight excluding hydrogens is 240 g/mol. The maximum absolute atomic E-state index is 12.2. The largest absolute Gasteiger partial charge is 0.496 e. The number of ether oxygens (including phenoxy) is 1. The zero-order chi connectivity index (χ0) is 13.8. The SMILES string of the molecule is CNCc1ccc(-c2ccccc2OC)n(C)c1=O. The number of hydrogen-bond donors (Lipinski definition) is 1. The molecule has 100 valence electrons. The minimum atomic E-state index is 0.0118. The van der Waals surface area contributed by atoms with Crippen LogP contribution in [-0.4, -0.2) is 18.7 Å². The van der Waals surface area contributed by atoms with Gasteiger partial charge in [-0.2, -0.15) is 0 Å². The number of hydrogen-bond acceptors (Lipinski definition) is 3. The molecule has 0 aliphatic heterocycles. The summed E-state index contributed by atoms with van der Waals surface area (Å²) in [4.78, 5) is 12.2. The van der Waals surface area contributed by atoms with Crippen molar-refractivity contribution in [1.82, 2.24) is 9.88 Å². The normalized spacial score (nSPS) is 10.5. The number of nitrogens with zero attached hydrogens (tertiary/aromatic N) is 1. The van der Waals surface area contributed by atoms with Crippen molar-refractivity contribution in [2.45, 2.75) is 6.54 Å². The summed E-state index contributed by atoms with van der Waals surface area (Å²) in [6.07, 6.45) is 0. The standard InChI is InChI=1S/C15H18N2O2/c1-16-10-11-8-9-13(17(2)15(11)18)12-6-4-5-7-14(12)19-3/h4-9,16H,10H2,1-3H3. The van der Waals surface area contributed by atoms with Gasteiger partial charge in [-0.05, 0) is 25.2 Å². The van der Waals surface area contributed by atoms with Crippen LogP contribution in [0.5, 0.6) is 5.75 Å². The molecule has 0 fully saturated rings. The maximum Gasteiger partial charge on any atom is 0.255 e. The van der Waals surface area contributed by atoms with Crippen LogP contribution in [0.15, 0.2) is 41.2 Å². The zero-order valence-electron chi connectivity index (χ0n) is 11.4. The number of rotatable bonds is 4. The fourth-order valence-electron chi connectivity index (χ4n) is 2.14. The highest BCUT2D eigenvalue weighted by Crippen LogP contribution is 2.28. The third-order valence-electron chi connectivity index (χ3n) is 3.13. The van der Waals surface area contributed by atoms with Crippen LogP contribution >= 0.6 is 0 Å². The van der Waals surface area contributed by atoms with E-state index < -0.39 is 0 Å². The second kappa shape index (κ2) is 5.71. The maximum atomic E-state index is 12.2. The van der Waals surface area contributed by atoms with Gasteiger partial charge >= 0.3 is 0 Å². The van der Waals surface area contributed by atoms with Gasteiger partial charge in [0.25, 0.3) is 5.56 Å². The van der Waals surface area contributed by atoms with Crippen molar-refractivity contribution in [1.29, 1.82) is 0 Å². The lowest BCUT2D eigenvalue weighted by Gasteiger charge is -2.13. The molecule has 0 aliphatic carbocycles. The predicted octanol–water partition coefficient (Wildman–Crippen LogP) is 1.78. The molecule has 0 saturated carbocycles.